The summed E-state index contributed by atoms with van der Waals surface area (Å²) < 4.78 is 5.43. The van der Waals surface area contributed by atoms with Crippen LogP contribution in [0.15, 0.2) is 91.0 Å². The molecule has 3 aromatic carbocycles. The first-order valence-electron chi connectivity index (χ1n) is 9.35. The molecule has 0 saturated carbocycles. The average molecular weight is 457 g/mol. The van der Waals surface area contributed by atoms with Crippen molar-refractivity contribution in [3.05, 3.63) is 91.0 Å². The third kappa shape index (κ3) is 5.10. The number of ether oxygens (including phenoxy) is 1. The summed E-state index contributed by atoms with van der Waals surface area (Å²) in [6, 6.07) is 32.3. The van der Waals surface area contributed by atoms with Gasteiger partial charge < -0.3 is 21.7 Å². The normalized spacial score (nSPS) is 11.9. The van der Waals surface area contributed by atoms with Crippen LogP contribution in [0.3, 0.4) is 0 Å². The van der Waals surface area contributed by atoms with Crippen LogP contribution in [0.25, 0.3) is 0 Å². The van der Waals surface area contributed by atoms with Gasteiger partial charge in [-0.05, 0) is 43.3 Å². The van der Waals surface area contributed by atoms with Crippen LogP contribution in [0.5, 0.6) is 0 Å². The minimum atomic E-state index is -1.84. The Balaban J connectivity index is 0.00000280. The Bertz CT molecular complexity index is 757. The average Bonchev–Trinajstić information content (AvgIpc) is 2.70. The Morgan fingerprint density at radius 1 is 0.786 bits per heavy atom. The summed E-state index contributed by atoms with van der Waals surface area (Å²) in [5, 5.41) is 4.08. The number of benzene rings is 3. The fourth-order valence-corrected chi connectivity index (χ4v) is 8.06. The first-order valence-corrected chi connectivity index (χ1v) is 11.3. The van der Waals surface area contributed by atoms with Gasteiger partial charge in [0.1, 0.15) is 29.3 Å². The van der Waals surface area contributed by atoms with E-state index in [9.17, 15) is 4.79 Å². The van der Waals surface area contributed by atoms with E-state index in [1.54, 1.807) is 0 Å². The zero-order valence-electron chi connectivity index (χ0n) is 16.3. The maximum atomic E-state index is 11.4. The highest BCUT2D eigenvalue weighted by molar-refractivity contribution is 7.95. The fraction of sp³-hybridized carbons (Fsp3) is 0.208. The SMILES string of the molecule is CC(=O)OC(C)CC[P+](c1ccccc1)(c1ccccc1)c1ccccc1.[Br-]. The van der Waals surface area contributed by atoms with Gasteiger partial charge in [0.05, 0.1) is 6.16 Å². The second-order valence-corrected chi connectivity index (χ2v) is 10.4. The number of carbonyl (C=O) groups is 1. The van der Waals surface area contributed by atoms with Crippen molar-refractivity contribution in [2.75, 3.05) is 6.16 Å². The lowest BCUT2D eigenvalue weighted by molar-refractivity contribution is -0.145. The minimum Gasteiger partial charge on any atom is -1.00 e. The second-order valence-electron chi connectivity index (χ2n) is 6.75. The van der Waals surface area contributed by atoms with Gasteiger partial charge in [-0.2, -0.15) is 0 Å². The molecule has 0 fully saturated rings. The van der Waals surface area contributed by atoms with Gasteiger partial charge in [-0.3, -0.25) is 4.79 Å². The maximum Gasteiger partial charge on any atom is 0.302 e. The van der Waals surface area contributed by atoms with Gasteiger partial charge in [0.2, 0.25) is 0 Å². The third-order valence-electron chi connectivity index (χ3n) is 4.83. The van der Waals surface area contributed by atoms with Gasteiger partial charge in [-0.25, -0.2) is 0 Å². The van der Waals surface area contributed by atoms with Gasteiger partial charge in [0.25, 0.3) is 0 Å². The van der Waals surface area contributed by atoms with E-state index in [0.717, 1.165) is 12.6 Å². The molecule has 0 heterocycles. The molecule has 3 aromatic rings. The van der Waals surface area contributed by atoms with Gasteiger partial charge in [0, 0.05) is 13.3 Å². The lowest BCUT2D eigenvalue weighted by Gasteiger charge is -2.28. The zero-order valence-corrected chi connectivity index (χ0v) is 18.8. The van der Waals surface area contributed by atoms with Gasteiger partial charge >= 0.3 is 5.97 Å². The monoisotopic (exact) mass is 456 g/mol. The molecule has 0 radical (unpaired) electrons. The summed E-state index contributed by atoms with van der Waals surface area (Å²) in [5.41, 5.74) is 0. The zero-order chi connectivity index (χ0) is 19.1. The number of halogens is 1. The van der Waals surface area contributed by atoms with E-state index in [4.69, 9.17) is 4.74 Å². The number of rotatable bonds is 7. The number of esters is 1. The molecule has 1 unspecified atom stereocenters. The molecular formula is C24H26BrO2P. The predicted octanol–water partition coefficient (Wildman–Crippen LogP) is 1.33. The minimum absolute atomic E-state index is 0. The molecule has 2 nitrogen and oxygen atoms in total. The summed E-state index contributed by atoms with van der Waals surface area (Å²) in [7, 11) is -1.84. The topological polar surface area (TPSA) is 26.3 Å². The van der Waals surface area contributed by atoms with Crippen LogP contribution in [0.1, 0.15) is 20.3 Å². The first-order chi connectivity index (χ1) is 13.1. The van der Waals surface area contributed by atoms with Crippen molar-refractivity contribution >= 4 is 29.1 Å². The van der Waals surface area contributed by atoms with Crippen LogP contribution in [-0.2, 0) is 9.53 Å². The largest absolute Gasteiger partial charge is 1.00 e. The Labute approximate surface area is 179 Å². The lowest BCUT2D eigenvalue weighted by atomic mass is 10.3. The van der Waals surface area contributed by atoms with E-state index in [1.807, 2.05) is 6.92 Å². The quantitative estimate of drug-likeness (QED) is 0.396. The summed E-state index contributed by atoms with van der Waals surface area (Å²) >= 11 is 0. The highest BCUT2D eigenvalue weighted by Crippen LogP contribution is 2.55. The van der Waals surface area contributed by atoms with E-state index >= 15 is 0 Å². The maximum absolute atomic E-state index is 11.4. The van der Waals surface area contributed by atoms with Crippen molar-refractivity contribution in [2.24, 2.45) is 0 Å². The highest BCUT2D eigenvalue weighted by atomic mass is 79.9. The van der Waals surface area contributed by atoms with E-state index in [-0.39, 0.29) is 29.1 Å². The highest BCUT2D eigenvalue weighted by Gasteiger charge is 2.45. The second kappa shape index (κ2) is 10.5. The Hall–Kier alpha value is -1.96. The molecule has 1 atom stereocenters. The molecular weight excluding hydrogens is 431 g/mol. The molecule has 0 amide bonds. The molecule has 0 saturated heterocycles. The van der Waals surface area contributed by atoms with Crippen LogP contribution in [0, 0.1) is 0 Å². The lowest BCUT2D eigenvalue weighted by Crippen LogP contribution is -3.00. The molecule has 4 heteroatoms. The predicted molar refractivity (Wildman–Crippen MR) is 116 cm³/mol. The van der Waals surface area contributed by atoms with Gasteiger partial charge in [-0.1, -0.05) is 54.6 Å². The van der Waals surface area contributed by atoms with E-state index in [0.29, 0.717) is 0 Å². The smallest absolute Gasteiger partial charge is 0.302 e. The van der Waals surface area contributed by atoms with Crippen LogP contribution in [0.4, 0.5) is 0 Å². The van der Waals surface area contributed by atoms with Crippen molar-refractivity contribution in [3.8, 4) is 0 Å². The van der Waals surface area contributed by atoms with E-state index in [1.165, 1.54) is 22.8 Å². The number of hydrogen-bond donors (Lipinski definition) is 0. The summed E-state index contributed by atoms with van der Waals surface area (Å²) in [4.78, 5) is 11.4. The molecule has 3 rings (SSSR count). The number of hydrogen-bond acceptors (Lipinski definition) is 2. The van der Waals surface area contributed by atoms with Gasteiger partial charge in [-0.15, -0.1) is 0 Å². The summed E-state index contributed by atoms with van der Waals surface area (Å²) in [6.07, 6.45) is 1.68. The molecule has 146 valence electrons. The Kier molecular flexibility index (Phi) is 8.41. The molecule has 0 aliphatic carbocycles. The summed E-state index contributed by atoms with van der Waals surface area (Å²) in [5.74, 6) is -0.217. The number of carbonyl (C=O) groups excluding carboxylic acids is 1. The van der Waals surface area contributed by atoms with Crippen molar-refractivity contribution in [3.63, 3.8) is 0 Å². The van der Waals surface area contributed by atoms with Crippen LogP contribution in [-0.4, -0.2) is 18.2 Å². The van der Waals surface area contributed by atoms with Crippen LogP contribution < -0.4 is 32.9 Å². The van der Waals surface area contributed by atoms with Gasteiger partial charge in [0.15, 0.2) is 0 Å². The third-order valence-corrected chi connectivity index (χ3v) is 9.30. The summed E-state index contributed by atoms with van der Waals surface area (Å²) in [6.45, 7) is 3.46. The first kappa shape index (κ1) is 22.3. The molecule has 28 heavy (non-hydrogen) atoms. The fourth-order valence-electron chi connectivity index (χ4n) is 3.60. The molecule has 0 aromatic heterocycles. The molecule has 0 N–H and O–H groups in total. The van der Waals surface area contributed by atoms with Crippen molar-refractivity contribution < 1.29 is 26.5 Å². The molecule has 0 bridgehead atoms. The van der Waals surface area contributed by atoms with Crippen LogP contribution >= 0.6 is 7.26 Å². The van der Waals surface area contributed by atoms with E-state index in [2.05, 4.69) is 91.0 Å². The molecule has 0 spiro atoms. The van der Waals surface area contributed by atoms with Crippen LogP contribution in [0.2, 0.25) is 0 Å². The van der Waals surface area contributed by atoms with Crippen molar-refractivity contribution in [1.82, 2.24) is 0 Å². The van der Waals surface area contributed by atoms with E-state index < -0.39 is 7.26 Å². The Morgan fingerprint density at radius 2 is 1.14 bits per heavy atom. The Morgan fingerprint density at radius 3 is 1.46 bits per heavy atom. The van der Waals surface area contributed by atoms with Crippen molar-refractivity contribution in [1.29, 1.82) is 0 Å². The molecule has 0 aliphatic heterocycles. The van der Waals surface area contributed by atoms with Crippen molar-refractivity contribution in [2.45, 2.75) is 26.4 Å². The molecule has 0 aliphatic rings. The standard InChI is InChI=1S/C24H26O2P.BrH/c1-20(26-21(2)25)18-19-27(22-12-6-3-7-13-22,23-14-8-4-9-15-23)24-16-10-5-11-17-24;/h3-17,20H,18-19H2,1-2H3;1H/q+1;/p-1.